The monoisotopic (exact) mass is 955 g/mol. The summed E-state index contributed by atoms with van der Waals surface area (Å²) in [6, 6.07) is 0. The predicted molar refractivity (Wildman–Crippen MR) is 293 cm³/mol. The summed E-state index contributed by atoms with van der Waals surface area (Å²) < 4.78 is 16.8. The first kappa shape index (κ1) is 65.6. The Morgan fingerprint density at radius 1 is 0.294 bits per heavy atom. The Hall–Kier alpha value is -2.37. The molecule has 0 N–H and O–H groups in total. The fraction of sp³-hybridized carbons (Fsp3) is 0.855. The molecule has 1 atom stereocenters. The van der Waals surface area contributed by atoms with Crippen molar-refractivity contribution in [3.8, 4) is 0 Å². The van der Waals surface area contributed by atoms with Crippen LogP contribution in [-0.4, -0.2) is 37.2 Å². The second-order valence-corrected chi connectivity index (χ2v) is 20.3. The summed E-state index contributed by atoms with van der Waals surface area (Å²) in [5.74, 6) is -0.886. The molecule has 0 aromatic rings. The van der Waals surface area contributed by atoms with Gasteiger partial charge in [0.05, 0.1) is 0 Å². The normalized spacial score (nSPS) is 12.2. The first-order valence-corrected chi connectivity index (χ1v) is 30.0. The van der Waals surface area contributed by atoms with Gasteiger partial charge in [0.2, 0.25) is 0 Å². The Kier molecular flexibility index (Phi) is 55.2. The van der Waals surface area contributed by atoms with Gasteiger partial charge in [-0.3, -0.25) is 14.4 Å². The zero-order valence-corrected chi connectivity index (χ0v) is 45.6. The number of esters is 3. The van der Waals surface area contributed by atoms with Gasteiger partial charge in [0.1, 0.15) is 13.2 Å². The molecule has 398 valence electrons. The molecule has 0 saturated heterocycles. The fourth-order valence-corrected chi connectivity index (χ4v) is 8.80. The van der Waals surface area contributed by atoms with Crippen molar-refractivity contribution in [3.63, 3.8) is 0 Å². The van der Waals surface area contributed by atoms with Crippen LogP contribution in [0.15, 0.2) is 36.5 Å². The zero-order chi connectivity index (χ0) is 49.3. The lowest BCUT2D eigenvalue weighted by Gasteiger charge is -2.18. The minimum absolute atomic E-state index is 0.0771. The third kappa shape index (κ3) is 54.6. The maximum Gasteiger partial charge on any atom is 0.306 e. The molecule has 1 unspecified atom stereocenters. The molecule has 0 amide bonds. The molecule has 0 spiro atoms. The average Bonchev–Trinajstić information content (AvgIpc) is 3.34. The van der Waals surface area contributed by atoms with E-state index in [0.29, 0.717) is 19.3 Å². The van der Waals surface area contributed by atoms with E-state index in [1.807, 2.05) is 0 Å². The van der Waals surface area contributed by atoms with Crippen LogP contribution in [0.25, 0.3) is 0 Å². The maximum atomic E-state index is 12.8. The first-order valence-electron chi connectivity index (χ1n) is 30.0. The van der Waals surface area contributed by atoms with Gasteiger partial charge in [0.15, 0.2) is 6.10 Å². The molecule has 0 aromatic carbocycles. The predicted octanol–water partition coefficient (Wildman–Crippen LogP) is 20.0. The summed E-state index contributed by atoms with van der Waals surface area (Å²) in [5.41, 5.74) is 0. The van der Waals surface area contributed by atoms with E-state index in [1.165, 1.54) is 193 Å². The number of carbonyl (C=O) groups is 3. The van der Waals surface area contributed by atoms with Crippen LogP contribution in [0.3, 0.4) is 0 Å². The molecule has 0 fully saturated rings. The largest absolute Gasteiger partial charge is 0.462 e. The molecule has 0 heterocycles. The highest BCUT2D eigenvalue weighted by atomic mass is 16.6. The van der Waals surface area contributed by atoms with Gasteiger partial charge in [0, 0.05) is 19.3 Å². The molecule has 0 aliphatic rings. The third-order valence-electron chi connectivity index (χ3n) is 13.4. The Morgan fingerprint density at radius 3 is 0.868 bits per heavy atom. The summed E-state index contributed by atoms with van der Waals surface area (Å²) in [5, 5.41) is 0. The van der Waals surface area contributed by atoms with Gasteiger partial charge in [0.25, 0.3) is 0 Å². The summed E-state index contributed by atoms with van der Waals surface area (Å²) in [4.78, 5) is 38.1. The van der Waals surface area contributed by atoms with E-state index in [4.69, 9.17) is 14.2 Å². The molecule has 68 heavy (non-hydrogen) atoms. The second-order valence-electron chi connectivity index (χ2n) is 20.3. The van der Waals surface area contributed by atoms with Crippen molar-refractivity contribution in [2.24, 2.45) is 0 Å². The Balaban J connectivity index is 4.18. The molecule has 6 heteroatoms. The number of hydrogen-bond acceptors (Lipinski definition) is 6. The van der Waals surface area contributed by atoms with E-state index in [1.54, 1.807) is 0 Å². The van der Waals surface area contributed by atoms with Gasteiger partial charge in [-0.2, -0.15) is 0 Å². The number of unbranched alkanes of at least 4 members (excludes halogenated alkanes) is 38. The Labute approximate surface area is 423 Å². The lowest BCUT2D eigenvalue weighted by molar-refractivity contribution is -0.167. The van der Waals surface area contributed by atoms with Crippen LogP contribution in [0.2, 0.25) is 0 Å². The minimum atomic E-state index is -0.780. The van der Waals surface area contributed by atoms with Crippen LogP contribution in [0.5, 0.6) is 0 Å². The molecule has 0 aliphatic heterocycles. The molecular formula is C62H114O6. The fourth-order valence-electron chi connectivity index (χ4n) is 8.80. The van der Waals surface area contributed by atoms with Crippen molar-refractivity contribution in [1.82, 2.24) is 0 Å². The summed E-state index contributed by atoms with van der Waals surface area (Å²) in [6.45, 7) is 6.58. The first-order chi connectivity index (χ1) is 33.5. The summed E-state index contributed by atoms with van der Waals surface area (Å²) in [7, 11) is 0. The molecule has 0 saturated carbocycles. The van der Waals surface area contributed by atoms with Crippen LogP contribution in [0.4, 0.5) is 0 Å². The van der Waals surface area contributed by atoms with Crippen molar-refractivity contribution in [2.45, 2.75) is 329 Å². The molecule has 0 aromatic heterocycles. The van der Waals surface area contributed by atoms with Crippen molar-refractivity contribution >= 4 is 17.9 Å². The number of carbonyl (C=O) groups excluding carboxylic acids is 3. The standard InChI is InChI=1S/C62H114O6/c1-4-7-10-13-16-19-22-24-26-27-28-29-30-31-32-33-34-35-36-38-40-43-46-49-52-55-61(64)67-58-59(57-66-60(63)54-51-48-45-42-39-21-18-15-12-9-6-3)68-62(65)56-53-50-47-44-41-37-25-23-20-17-14-11-8-5-2/h14-15,17-18,23,25,59H,4-13,16,19-22,24,26-58H2,1-3H3/b17-14-,18-15-,25-23-. The number of ether oxygens (including phenoxy) is 3. The van der Waals surface area contributed by atoms with Crippen LogP contribution < -0.4 is 0 Å². The zero-order valence-electron chi connectivity index (χ0n) is 45.6. The summed E-state index contributed by atoms with van der Waals surface area (Å²) >= 11 is 0. The highest BCUT2D eigenvalue weighted by Gasteiger charge is 2.19. The Morgan fingerprint density at radius 2 is 0.544 bits per heavy atom. The van der Waals surface area contributed by atoms with E-state index in [9.17, 15) is 14.4 Å². The van der Waals surface area contributed by atoms with Crippen LogP contribution >= 0.6 is 0 Å². The van der Waals surface area contributed by atoms with Crippen LogP contribution in [0, 0.1) is 0 Å². The molecule has 6 nitrogen and oxygen atoms in total. The highest BCUT2D eigenvalue weighted by molar-refractivity contribution is 5.71. The van der Waals surface area contributed by atoms with Crippen molar-refractivity contribution in [3.05, 3.63) is 36.5 Å². The van der Waals surface area contributed by atoms with Crippen molar-refractivity contribution < 1.29 is 28.6 Å². The summed E-state index contributed by atoms with van der Waals surface area (Å²) in [6.07, 6.45) is 68.7. The molecule has 0 radical (unpaired) electrons. The van der Waals surface area contributed by atoms with E-state index >= 15 is 0 Å². The number of allylic oxidation sites excluding steroid dienone is 6. The van der Waals surface area contributed by atoms with Gasteiger partial charge in [-0.05, 0) is 64.2 Å². The van der Waals surface area contributed by atoms with Gasteiger partial charge < -0.3 is 14.2 Å². The van der Waals surface area contributed by atoms with Gasteiger partial charge in [-0.25, -0.2) is 0 Å². The van der Waals surface area contributed by atoms with E-state index in [0.717, 1.165) is 89.9 Å². The Bertz CT molecular complexity index is 1140. The van der Waals surface area contributed by atoms with Gasteiger partial charge in [-0.15, -0.1) is 0 Å². The van der Waals surface area contributed by atoms with Crippen LogP contribution in [-0.2, 0) is 28.6 Å². The molecule has 0 bridgehead atoms. The number of rotatable bonds is 55. The van der Waals surface area contributed by atoms with E-state index in [2.05, 4.69) is 57.2 Å². The topological polar surface area (TPSA) is 78.9 Å². The third-order valence-corrected chi connectivity index (χ3v) is 13.4. The highest BCUT2D eigenvalue weighted by Crippen LogP contribution is 2.17. The van der Waals surface area contributed by atoms with Crippen molar-refractivity contribution in [2.75, 3.05) is 13.2 Å². The lowest BCUT2D eigenvalue weighted by atomic mass is 10.0. The second kappa shape index (κ2) is 57.2. The smallest absolute Gasteiger partial charge is 0.306 e. The number of hydrogen-bond donors (Lipinski definition) is 0. The van der Waals surface area contributed by atoms with Crippen molar-refractivity contribution in [1.29, 1.82) is 0 Å². The van der Waals surface area contributed by atoms with E-state index in [-0.39, 0.29) is 31.1 Å². The van der Waals surface area contributed by atoms with E-state index < -0.39 is 6.10 Å². The molecular weight excluding hydrogens is 841 g/mol. The average molecular weight is 956 g/mol. The minimum Gasteiger partial charge on any atom is -0.462 e. The quantitative estimate of drug-likeness (QED) is 0.0262. The SMILES string of the molecule is CCCC/C=C\C/C=C\CCCCCCCC(=O)OC(COC(=O)CCCCCCC/C=C\CCCC)COC(=O)CCCCCCCCCCCCCCCCCCCCCCCCCCC. The van der Waals surface area contributed by atoms with Crippen LogP contribution in [0.1, 0.15) is 323 Å². The molecule has 0 aliphatic carbocycles. The molecule has 0 rings (SSSR count). The van der Waals surface area contributed by atoms with Gasteiger partial charge >= 0.3 is 17.9 Å². The maximum absolute atomic E-state index is 12.8. The lowest BCUT2D eigenvalue weighted by Crippen LogP contribution is -2.30. The van der Waals surface area contributed by atoms with Gasteiger partial charge in [-0.1, -0.05) is 276 Å².